The van der Waals surface area contributed by atoms with Crippen LogP contribution in [0.25, 0.3) is 0 Å². The Morgan fingerprint density at radius 3 is 2.65 bits per heavy atom. The van der Waals surface area contributed by atoms with E-state index >= 15 is 0 Å². The summed E-state index contributed by atoms with van der Waals surface area (Å²) in [5.41, 5.74) is 0. The van der Waals surface area contributed by atoms with E-state index in [4.69, 9.17) is 9.84 Å². The van der Waals surface area contributed by atoms with Crippen molar-refractivity contribution in [1.82, 2.24) is 5.32 Å². The molecule has 2 N–H and O–H groups in total. The van der Waals surface area contributed by atoms with Gasteiger partial charge in [-0.15, -0.1) is 0 Å². The van der Waals surface area contributed by atoms with Gasteiger partial charge in [0.2, 0.25) is 5.91 Å². The molecule has 0 bridgehead atoms. The summed E-state index contributed by atoms with van der Waals surface area (Å²) in [6.07, 6.45) is 4.72. The van der Waals surface area contributed by atoms with E-state index in [2.05, 4.69) is 5.32 Å². The molecule has 4 unspecified atom stereocenters. The average Bonchev–Trinajstić information content (AvgIpc) is 2.86. The van der Waals surface area contributed by atoms with Crippen LogP contribution in [0.3, 0.4) is 0 Å². The molecule has 0 aromatic rings. The summed E-state index contributed by atoms with van der Waals surface area (Å²) in [6.45, 7) is 2.41. The number of carbonyl (C=O) groups excluding carboxylic acids is 1. The minimum atomic E-state index is -0.837. The Kier molecular flexibility index (Phi) is 3.47. The lowest BCUT2D eigenvalue weighted by atomic mass is 10.0. The van der Waals surface area contributed by atoms with Crippen LogP contribution in [0.15, 0.2) is 12.2 Å². The lowest BCUT2D eigenvalue weighted by molar-refractivity contribution is -0.140. The molecular formula is C12H17NO4. The predicted molar refractivity (Wildman–Crippen MR) is 60.3 cm³/mol. The summed E-state index contributed by atoms with van der Waals surface area (Å²) in [5.74, 6) is -1.44. The number of carbonyl (C=O) groups is 2. The van der Waals surface area contributed by atoms with Crippen molar-refractivity contribution < 1.29 is 19.4 Å². The van der Waals surface area contributed by atoms with E-state index in [1.165, 1.54) is 0 Å². The lowest BCUT2D eigenvalue weighted by Crippen LogP contribution is -2.38. The maximum atomic E-state index is 11.9. The Labute approximate surface area is 99.8 Å². The highest BCUT2D eigenvalue weighted by atomic mass is 16.5. The lowest BCUT2D eigenvalue weighted by Gasteiger charge is -2.14. The molecular weight excluding hydrogens is 222 g/mol. The van der Waals surface area contributed by atoms with E-state index in [1.807, 2.05) is 6.92 Å². The van der Waals surface area contributed by atoms with E-state index in [0.29, 0.717) is 13.0 Å². The molecule has 94 valence electrons. The summed E-state index contributed by atoms with van der Waals surface area (Å²) in [6, 6.07) is -0.153. The summed E-state index contributed by atoms with van der Waals surface area (Å²) in [7, 11) is 0. The minimum Gasteiger partial charge on any atom is -0.481 e. The maximum Gasteiger partial charge on any atom is 0.310 e. The first-order valence-electron chi connectivity index (χ1n) is 5.89. The number of aliphatic carboxylic acids is 1. The van der Waals surface area contributed by atoms with Gasteiger partial charge >= 0.3 is 5.97 Å². The number of nitrogens with one attached hydrogen (secondary N) is 1. The summed E-state index contributed by atoms with van der Waals surface area (Å²) in [4.78, 5) is 22.6. The van der Waals surface area contributed by atoms with Crippen molar-refractivity contribution >= 4 is 11.9 Å². The smallest absolute Gasteiger partial charge is 0.310 e. The highest BCUT2D eigenvalue weighted by Crippen LogP contribution is 2.22. The van der Waals surface area contributed by atoms with Crippen LogP contribution in [0.1, 0.15) is 19.8 Å². The Balaban J connectivity index is 1.81. The van der Waals surface area contributed by atoms with Gasteiger partial charge in [-0.3, -0.25) is 9.59 Å². The summed E-state index contributed by atoms with van der Waals surface area (Å²) < 4.78 is 5.34. The van der Waals surface area contributed by atoms with Gasteiger partial charge in [0.25, 0.3) is 0 Å². The Morgan fingerprint density at radius 1 is 1.35 bits per heavy atom. The van der Waals surface area contributed by atoms with Gasteiger partial charge in [-0.25, -0.2) is 0 Å². The number of ether oxygens (including phenoxy) is 1. The summed E-state index contributed by atoms with van der Waals surface area (Å²) in [5, 5.41) is 11.7. The van der Waals surface area contributed by atoms with Gasteiger partial charge in [0.05, 0.1) is 24.5 Å². The second kappa shape index (κ2) is 4.87. The third kappa shape index (κ3) is 2.85. The first-order chi connectivity index (χ1) is 8.06. The molecule has 1 amide bonds. The molecule has 1 heterocycles. The fourth-order valence-electron chi connectivity index (χ4n) is 2.29. The number of hydrogen-bond acceptors (Lipinski definition) is 3. The fourth-order valence-corrected chi connectivity index (χ4v) is 2.29. The normalized spacial score (nSPS) is 36.1. The van der Waals surface area contributed by atoms with Crippen molar-refractivity contribution in [3.8, 4) is 0 Å². The SMILES string of the molecule is CC1CC(C(=O)NC2C=CC(C(=O)O)C2)CO1. The van der Waals surface area contributed by atoms with Crippen LogP contribution in [0.4, 0.5) is 0 Å². The van der Waals surface area contributed by atoms with Gasteiger partial charge in [0.15, 0.2) is 0 Å². The first-order valence-corrected chi connectivity index (χ1v) is 5.89. The van der Waals surface area contributed by atoms with E-state index < -0.39 is 11.9 Å². The van der Waals surface area contributed by atoms with Crippen molar-refractivity contribution in [3.05, 3.63) is 12.2 Å². The van der Waals surface area contributed by atoms with Gasteiger partial charge in [-0.05, 0) is 19.8 Å². The molecule has 17 heavy (non-hydrogen) atoms. The van der Waals surface area contributed by atoms with Crippen LogP contribution < -0.4 is 5.32 Å². The molecule has 0 spiro atoms. The third-order valence-electron chi connectivity index (χ3n) is 3.30. The predicted octanol–water partition coefficient (Wildman–Crippen LogP) is 0.557. The highest BCUT2D eigenvalue weighted by Gasteiger charge is 2.31. The van der Waals surface area contributed by atoms with Crippen LogP contribution in [0.2, 0.25) is 0 Å². The molecule has 5 nitrogen and oxygen atoms in total. The van der Waals surface area contributed by atoms with Crippen molar-refractivity contribution in [1.29, 1.82) is 0 Å². The topological polar surface area (TPSA) is 75.6 Å². The van der Waals surface area contributed by atoms with Gasteiger partial charge in [-0.2, -0.15) is 0 Å². The van der Waals surface area contributed by atoms with Crippen LogP contribution in [0.5, 0.6) is 0 Å². The standard InChI is InChI=1S/C12H17NO4/c1-7-4-9(6-17-7)11(14)13-10-3-2-8(5-10)12(15)16/h2-3,7-10H,4-6H2,1H3,(H,13,14)(H,15,16). The third-order valence-corrected chi connectivity index (χ3v) is 3.30. The molecule has 4 atom stereocenters. The average molecular weight is 239 g/mol. The zero-order valence-corrected chi connectivity index (χ0v) is 9.76. The van der Waals surface area contributed by atoms with Crippen molar-refractivity contribution in [2.75, 3.05) is 6.61 Å². The van der Waals surface area contributed by atoms with E-state index in [-0.39, 0.29) is 24.0 Å². The van der Waals surface area contributed by atoms with Crippen LogP contribution in [-0.4, -0.2) is 35.7 Å². The number of hydrogen-bond donors (Lipinski definition) is 2. The number of amides is 1. The van der Waals surface area contributed by atoms with Crippen LogP contribution >= 0.6 is 0 Å². The van der Waals surface area contributed by atoms with E-state index in [1.54, 1.807) is 12.2 Å². The van der Waals surface area contributed by atoms with E-state index in [9.17, 15) is 9.59 Å². The van der Waals surface area contributed by atoms with Gasteiger partial charge in [0.1, 0.15) is 0 Å². The van der Waals surface area contributed by atoms with Crippen molar-refractivity contribution in [2.45, 2.75) is 31.9 Å². The number of carboxylic acid groups (broad SMARTS) is 1. The van der Waals surface area contributed by atoms with Gasteiger partial charge in [0, 0.05) is 6.04 Å². The molecule has 0 aromatic heterocycles. The molecule has 2 aliphatic rings. The Bertz CT molecular complexity index is 352. The molecule has 1 aliphatic carbocycles. The molecule has 0 aromatic carbocycles. The minimum absolute atomic E-state index is 0.0324. The number of rotatable bonds is 3. The van der Waals surface area contributed by atoms with Gasteiger partial charge in [-0.1, -0.05) is 12.2 Å². The first kappa shape index (κ1) is 12.1. The quantitative estimate of drug-likeness (QED) is 0.705. The second-order valence-corrected chi connectivity index (χ2v) is 4.76. The van der Waals surface area contributed by atoms with Crippen LogP contribution in [-0.2, 0) is 14.3 Å². The second-order valence-electron chi connectivity index (χ2n) is 4.76. The molecule has 0 radical (unpaired) electrons. The Morgan fingerprint density at radius 2 is 2.12 bits per heavy atom. The largest absolute Gasteiger partial charge is 0.481 e. The molecule has 2 rings (SSSR count). The van der Waals surface area contributed by atoms with Gasteiger partial charge < -0.3 is 15.2 Å². The molecule has 1 fully saturated rings. The molecule has 0 saturated carbocycles. The van der Waals surface area contributed by atoms with E-state index in [0.717, 1.165) is 6.42 Å². The molecule has 1 saturated heterocycles. The summed E-state index contributed by atoms with van der Waals surface area (Å²) >= 11 is 0. The zero-order chi connectivity index (χ0) is 12.4. The van der Waals surface area contributed by atoms with Crippen molar-refractivity contribution in [3.63, 3.8) is 0 Å². The Hall–Kier alpha value is -1.36. The fraction of sp³-hybridized carbons (Fsp3) is 0.667. The van der Waals surface area contributed by atoms with Crippen LogP contribution in [0, 0.1) is 11.8 Å². The molecule has 5 heteroatoms. The highest BCUT2D eigenvalue weighted by molar-refractivity contribution is 5.80. The van der Waals surface area contributed by atoms with Crippen molar-refractivity contribution in [2.24, 2.45) is 11.8 Å². The monoisotopic (exact) mass is 239 g/mol. The molecule has 1 aliphatic heterocycles. The number of carboxylic acids is 1. The maximum absolute atomic E-state index is 11.9. The zero-order valence-electron chi connectivity index (χ0n) is 9.76.